The van der Waals surface area contributed by atoms with Gasteiger partial charge in [-0.3, -0.25) is 4.79 Å². The Bertz CT molecular complexity index is 662. The first-order chi connectivity index (χ1) is 9.15. The first-order valence-electron chi connectivity index (χ1n) is 6.22. The second-order valence-electron chi connectivity index (χ2n) is 4.67. The SMILES string of the molecule is CC(=O)c1ccc(-c2ccc3c(c2)CCO3)cc1Cl. The van der Waals surface area contributed by atoms with Gasteiger partial charge in [0.25, 0.3) is 0 Å². The summed E-state index contributed by atoms with van der Waals surface area (Å²) < 4.78 is 5.49. The zero-order valence-electron chi connectivity index (χ0n) is 10.6. The summed E-state index contributed by atoms with van der Waals surface area (Å²) in [5.41, 5.74) is 3.91. The summed E-state index contributed by atoms with van der Waals surface area (Å²) in [5, 5.41) is 0.502. The van der Waals surface area contributed by atoms with Crippen molar-refractivity contribution in [1.82, 2.24) is 0 Å². The van der Waals surface area contributed by atoms with Crippen LogP contribution in [0.15, 0.2) is 36.4 Å². The van der Waals surface area contributed by atoms with Crippen LogP contribution in [0.1, 0.15) is 22.8 Å². The highest BCUT2D eigenvalue weighted by Gasteiger charge is 2.13. The van der Waals surface area contributed by atoms with Crippen LogP contribution in [0.5, 0.6) is 5.75 Å². The molecule has 0 aromatic heterocycles. The van der Waals surface area contributed by atoms with E-state index in [0.29, 0.717) is 10.6 Å². The fourth-order valence-corrected chi connectivity index (χ4v) is 2.66. The standard InChI is InChI=1S/C16H13ClO2/c1-10(18)14-4-2-12(9-15(14)17)11-3-5-16-13(8-11)6-7-19-16/h2-5,8-9H,6-7H2,1H3. The Morgan fingerprint density at radius 3 is 2.63 bits per heavy atom. The molecule has 1 heterocycles. The number of ether oxygens (including phenoxy) is 1. The maximum absolute atomic E-state index is 11.4. The summed E-state index contributed by atoms with van der Waals surface area (Å²) in [6, 6.07) is 11.7. The fraction of sp³-hybridized carbons (Fsp3) is 0.188. The molecule has 1 aliphatic heterocycles. The normalized spacial score (nSPS) is 12.9. The fourth-order valence-electron chi connectivity index (χ4n) is 2.35. The molecule has 0 amide bonds. The average Bonchev–Trinajstić information content (AvgIpc) is 2.85. The number of hydrogen-bond acceptors (Lipinski definition) is 2. The molecule has 0 saturated heterocycles. The third-order valence-electron chi connectivity index (χ3n) is 3.37. The first kappa shape index (κ1) is 12.2. The van der Waals surface area contributed by atoms with Crippen molar-refractivity contribution in [1.29, 1.82) is 0 Å². The lowest BCUT2D eigenvalue weighted by molar-refractivity contribution is 0.101. The van der Waals surface area contributed by atoms with E-state index >= 15 is 0 Å². The molecule has 19 heavy (non-hydrogen) atoms. The molecule has 0 bridgehead atoms. The topological polar surface area (TPSA) is 26.3 Å². The molecule has 0 atom stereocenters. The highest BCUT2D eigenvalue weighted by Crippen LogP contribution is 2.32. The molecule has 3 heteroatoms. The lowest BCUT2D eigenvalue weighted by Gasteiger charge is -2.07. The Kier molecular flexibility index (Phi) is 3.03. The molecular formula is C16H13ClO2. The Hall–Kier alpha value is -1.80. The van der Waals surface area contributed by atoms with Gasteiger partial charge in [0, 0.05) is 12.0 Å². The molecule has 0 spiro atoms. The van der Waals surface area contributed by atoms with Gasteiger partial charge in [-0.05, 0) is 47.9 Å². The van der Waals surface area contributed by atoms with Crippen LogP contribution in [-0.2, 0) is 6.42 Å². The Balaban J connectivity index is 2.03. The predicted octanol–water partition coefficient (Wildman–Crippen LogP) is 4.14. The van der Waals surface area contributed by atoms with E-state index in [1.54, 1.807) is 6.07 Å². The number of rotatable bonds is 2. The predicted molar refractivity (Wildman–Crippen MR) is 76.1 cm³/mol. The van der Waals surface area contributed by atoms with Gasteiger partial charge in [0.2, 0.25) is 0 Å². The first-order valence-corrected chi connectivity index (χ1v) is 6.59. The van der Waals surface area contributed by atoms with Crippen LogP contribution in [0.4, 0.5) is 0 Å². The molecular weight excluding hydrogens is 260 g/mol. The maximum atomic E-state index is 11.4. The number of halogens is 1. The van der Waals surface area contributed by atoms with Crippen LogP contribution >= 0.6 is 11.6 Å². The molecule has 96 valence electrons. The molecule has 3 rings (SSSR count). The van der Waals surface area contributed by atoms with E-state index in [1.165, 1.54) is 12.5 Å². The third-order valence-corrected chi connectivity index (χ3v) is 3.68. The van der Waals surface area contributed by atoms with Crippen molar-refractivity contribution in [3.8, 4) is 16.9 Å². The van der Waals surface area contributed by atoms with E-state index in [9.17, 15) is 4.79 Å². The van der Waals surface area contributed by atoms with Crippen molar-refractivity contribution in [3.05, 3.63) is 52.5 Å². The highest BCUT2D eigenvalue weighted by molar-refractivity contribution is 6.34. The van der Waals surface area contributed by atoms with Crippen LogP contribution in [-0.4, -0.2) is 12.4 Å². The lowest BCUT2D eigenvalue weighted by atomic mass is 10.00. The van der Waals surface area contributed by atoms with Gasteiger partial charge in [-0.15, -0.1) is 0 Å². The van der Waals surface area contributed by atoms with Crippen molar-refractivity contribution in [2.75, 3.05) is 6.61 Å². The van der Waals surface area contributed by atoms with Crippen LogP contribution < -0.4 is 4.74 Å². The van der Waals surface area contributed by atoms with Gasteiger partial charge >= 0.3 is 0 Å². The minimum absolute atomic E-state index is 0.0149. The number of fused-ring (bicyclic) bond motifs is 1. The molecule has 0 N–H and O–H groups in total. The quantitative estimate of drug-likeness (QED) is 0.768. The summed E-state index contributed by atoms with van der Waals surface area (Å²) in [6.07, 6.45) is 0.947. The van der Waals surface area contributed by atoms with Gasteiger partial charge in [-0.2, -0.15) is 0 Å². The molecule has 2 nitrogen and oxygen atoms in total. The smallest absolute Gasteiger partial charge is 0.161 e. The number of Topliss-reactive ketones (excluding diaryl/α,β-unsaturated/α-hetero) is 1. The second-order valence-corrected chi connectivity index (χ2v) is 5.08. The van der Waals surface area contributed by atoms with Crippen molar-refractivity contribution < 1.29 is 9.53 Å². The average molecular weight is 273 g/mol. The second kappa shape index (κ2) is 4.71. The minimum Gasteiger partial charge on any atom is -0.493 e. The van der Waals surface area contributed by atoms with E-state index in [4.69, 9.17) is 16.3 Å². The number of ketones is 1. The third kappa shape index (κ3) is 2.24. The highest BCUT2D eigenvalue weighted by atomic mass is 35.5. The minimum atomic E-state index is -0.0149. The summed E-state index contributed by atoms with van der Waals surface area (Å²) >= 11 is 6.15. The maximum Gasteiger partial charge on any atom is 0.161 e. The van der Waals surface area contributed by atoms with Crippen LogP contribution in [0.3, 0.4) is 0 Å². The molecule has 0 fully saturated rings. The molecule has 0 aliphatic carbocycles. The summed E-state index contributed by atoms with van der Waals surface area (Å²) in [6.45, 7) is 2.27. The Labute approximate surface area is 117 Å². The van der Waals surface area contributed by atoms with Crippen LogP contribution in [0.2, 0.25) is 5.02 Å². The molecule has 2 aromatic carbocycles. The van der Waals surface area contributed by atoms with E-state index in [-0.39, 0.29) is 5.78 Å². The monoisotopic (exact) mass is 272 g/mol. The van der Waals surface area contributed by atoms with Crippen molar-refractivity contribution >= 4 is 17.4 Å². The van der Waals surface area contributed by atoms with Crippen LogP contribution in [0, 0.1) is 0 Å². The molecule has 2 aromatic rings. The molecule has 0 unspecified atom stereocenters. The van der Waals surface area contributed by atoms with E-state index in [2.05, 4.69) is 6.07 Å². The number of benzene rings is 2. The van der Waals surface area contributed by atoms with Crippen molar-refractivity contribution in [2.45, 2.75) is 13.3 Å². The molecule has 0 radical (unpaired) electrons. The van der Waals surface area contributed by atoms with E-state index in [1.807, 2.05) is 24.3 Å². The van der Waals surface area contributed by atoms with Gasteiger partial charge < -0.3 is 4.74 Å². The van der Waals surface area contributed by atoms with E-state index < -0.39 is 0 Å². The number of carbonyl (C=O) groups is 1. The summed E-state index contributed by atoms with van der Waals surface area (Å²) in [4.78, 5) is 11.4. The summed E-state index contributed by atoms with van der Waals surface area (Å²) in [7, 11) is 0. The molecule has 0 saturated carbocycles. The number of hydrogen-bond donors (Lipinski definition) is 0. The van der Waals surface area contributed by atoms with Gasteiger partial charge in [-0.25, -0.2) is 0 Å². The largest absolute Gasteiger partial charge is 0.493 e. The number of carbonyl (C=O) groups excluding carboxylic acids is 1. The summed E-state index contributed by atoms with van der Waals surface area (Å²) in [5.74, 6) is 0.953. The van der Waals surface area contributed by atoms with Gasteiger partial charge in [-0.1, -0.05) is 23.7 Å². The van der Waals surface area contributed by atoms with Crippen LogP contribution in [0.25, 0.3) is 11.1 Å². The Morgan fingerprint density at radius 1 is 1.16 bits per heavy atom. The van der Waals surface area contributed by atoms with Gasteiger partial charge in [0.05, 0.1) is 11.6 Å². The molecule has 1 aliphatic rings. The van der Waals surface area contributed by atoms with Gasteiger partial charge in [0.1, 0.15) is 5.75 Å². The van der Waals surface area contributed by atoms with Crippen molar-refractivity contribution in [3.63, 3.8) is 0 Å². The lowest BCUT2D eigenvalue weighted by Crippen LogP contribution is -1.93. The van der Waals surface area contributed by atoms with E-state index in [0.717, 1.165) is 29.9 Å². The van der Waals surface area contributed by atoms with Crippen molar-refractivity contribution in [2.24, 2.45) is 0 Å². The zero-order valence-corrected chi connectivity index (χ0v) is 11.3. The Morgan fingerprint density at radius 2 is 1.89 bits per heavy atom. The zero-order chi connectivity index (χ0) is 13.4. The van der Waals surface area contributed by atoms with Gasteiger partial charge in [0.15, 0.2) is 5.78 Å².